The smallest absolute Gasteiger partial charge is 0.405 e. The van der Waals surface area contributed by atoms with Gasteiger partial charge in [0, 0.05) is 0 Å². The first-order chi connectivity index (χ1) is 8.79. The van der Waals surface area contributed by atoms with Gasteiger partial charge in [-0.15, -0.1) is 0 Å². The fraction of sp³-hybridized carbons (Fsp3) is 0.273. The van der Waals surface area contributed by atoms with Crippen LogP contribution in [0.4, 0.5) is 18.0 Å². The Kier molecular flexibility index (Phi) is 4.74. The van der Waals surface area contributed by atoms with E-state index in [0.717, 1.165) is 0 Å². The first-order valence-electron chi connectivity index (χ1n) is 5.18. The number of hydrogen-bond donors (Lipinski definition) is 3. The van der Waals surface area contributed by atoms with Crippen molar-refractivity contribution in [2.45, 2.75) is 12.2 Å². The second-order valence-electron chi connectivity index (χ2n) is 3.62. The number of hydrogen-bond acceptors (Lipinski definition) is 2. The molecule has 3 N–H and O–H groups in total. The van der Waals surface area contributed by atoms with E-state index in [-0.39, 0.29) is 5.56 Å². The summed E-state index contributed by atoms with van der Waals surface area (Å²) >= 11 is 0. The van der Waals surface area contributed by atoms with Gasteiger partial charge >= 0.3 is 18.2 Å². The number of halogens is 3. The molecule has 2 amide bonds. The molecule has 0 heterocycles. The highest BCUT2D eigenvalue weighted by molar-refractivity contribution is 5.83. The summed E-state index contributed by atoms with van der Waals surface area (Å²) in [5.74, 6) is -1.37. The van der Waals surface area contributed by atoms with E-state index < -0.39 is 30.8 Å². The molecule has 0 unspecified atom stereocenters. The highest BCUT2D eigenvalue weighted by atomic mass is 19.4. The second-order valence-corrected chi connectivity index (χ2v) is 3.62. The molecule has 0 fully saturated rings. The highest BCUT2D eigenvalue weighted by Gasteiger charge is 2.29. The molecule has 0 bridgehead atoms. The number of carboxylic acid groups (broad SMARTS) is 1. The van der Waals surface area contributed by atoms with Crippen LogP contribution in [0.25, 0.3) is 0 Å². The molecule has 0 radical (unpaired) electrons. The summed E-state index contributed by atoms with van der Waals surface area (Å²) in [4.78, 5) is 22.2. The van der Waals surface area contributed by atoms with Crippen LogP contribution in [0.1, 0.15) is 11.6 Å². The van der Waals surface area contributed by atoms with Crippen LogP contribution in [0.15, 0.2) is 30.3 Å². The molecule has 1 aromatic carbocycles. The molecule has 1 atom stereocenters. The van der Waals surface area contributed by atoms with Gasteiger partial charge in [-0.25, -0.2) is 9.59 Å². The van der Waals surface area contributed by atoms with Crippen molar-refractivity contribution >= 4 is 12.0 Å². The maximum Gasteiger partial charge on any atom is 0.405 e. The van der Waals surface area contributed by atoms with Gasteiger partial charge in [-0.2, -0.15) is 13.2 Å². The average Bonchev–Trinajstić information content (AvgIpc) is 2.33. The number of nitrogens with one attached hydrogen (secondary N) is 2. The Labute approximate surface area is 106 Å². The van der Waals surface area contributed by atoms with Crippen LogP contribution in [-0.2, 0) is 4.79 Å². The van der Waals surface area contributed by atoms with Crippen LogP contribution in [0.3, 0.4) is 0 Å². The third kappa shape index (κ3) is 5.28. The Morgan fingerprint density at radius 2 is 1.79 bits per heavy atom. The summed E-state index contributed by atoms with van der Waals surface area (Å²) in [6, 6.07) is 5.04. The maximum absolute atomic E-state index is 11.9. The number of carbonyl (C=O) groups excluding carboxylic acids is 1. The fourth-order valence-corrected chi connectivity index (χ4v) is 1.30. The number of carbonyl (C=O) groups is 2. The predicted octanol–water partition coefficient (Wildman–Crippen LogP) is 1.67. The van der Waals surface area contributed by atoms with Crippen LogP contribution in [0.2, 0.25) is 0 Å². The van der Waals surface area contributed by atoms with Crippen LogP contribution in [0, 0.1) is 0 Å². The molecule has 19 heavy (non-hydrogen) atoms. The summed E-state index contributed by atoms with van der Waals surface area (Å²) in [5, 5.41) is 12.4. The first kappa shape index (κ1) is 14.8. The molecule has 104 valence electrons. The van der Waals surface area contributed by atoms with Crippen molar-refractivity contribution in [1.29, 1.82) is 0 Å². The molecular weight excluding hydrogens is 265 g/mol. The van der Waals surface area contributed by atoms with Crippen molar-refractivity contribution in [3.63, 3.8) is 0 Å². The van der Waals surface area contributed by atoms with E-state index in [4.69, 9.17) is 5.11 Å². The number of urea groups is 1. The zero-order valence-electron chi connectivity index (χ0n) is 9.57. The molecule has 0 aliphatic heterocycles. The Bertz CT molecular complexity index is 448. The lowest BCUT2D eigenvalue weighted by Gasteiger charge is -2.16. The second kappa shape index (κ2) is 6.07. The number of rotatable bonds is 4. The zero-order valence-corrected chi connectivity index (χ0v) is 9.57. The summed E-state index contributed by atoms with van der Waals surface area (Å²) in [6.07, 6.45) is -4.55. The third-order valence-electron chi connectivity index (χ3n) is 2.10. The first-order valence-corrected chi connectivity index (χ1v) is 5.18. The lowest BCUT2D eigenvalue weighted by Crippen LogP contribution is -2.44. The van der Waals surface area contributed by atoms with E-state index in [1.54, 1.807) is 18.2 Å². The van der Waals surface area contributed by atoms with Crippen molar-refractivity contribution in [2.75, 3.05) is 6.54 Å². The van der Waals surface area contributed by atoms with Gasteiger partial charge < -0.3 is 15.7 Å². The Hall–Kier alpha value is -2.25. The summed E-state index contributed by atoms with van der Waals surface area (Å²) in [5.41, 5.74) is 0.261. The van der Waals surface area contributed by atoms with Gasteiger partial charge in [-0.3, -0.25) is 0 Å². The Balaban J connectivity index is 2.65. The SMILES string of the molecule is O=C(NCC(F)(F)F)N[C@@H](C(=O)O)c1ccccc1. The average molecular weight is 276 g/mol. The molecule has 1 aromatic rings. The molecule has 0 aromatic heterocycles. The number of aliphatic carboxylic acids is 1. The summed E-state index contributed by atoms with van der Waals surface area (Å²) in [7, 11) is 0. The zero-order chi connectivity index (χ0) is 14.5. The van der Waals surface area contributed by atoms with Gasteiger partial charge in [0.1, 0.15) is 6.54 Å². The third-order valence-corrected chi connectivity index (χ3v) is 2.10. The van der Waals surface area contributed by atoms with Gasteiger partial charge in [-0.1, -0.05) is 30.3 Å². The Morgan fingerprint density at radius 3 is 2.26 bits per heavy atom. The standard InChI is InChI=1S/C11H11F3N2O3/c12-11(13,14)6-15-10(19)16-8(9(17)18)7-4-2-1-3-5-7/h1-5,8H,6H2,(H,17,18)(H2,15,16,19)/t8-/m1/s1. The van der Waals surface area contributed by atoms with Crippen molar-refractivity contribution in [2.24, 2.45) is 0 Å². The van der Waals surface area contributed by atoms with Crippen molar-refractivity contribution in [3.8, 4) is 0 Å². The van der Waals surface area contributed by atoms with E-state index in [2.05, 4.69) is 0 Å². The van der Waals surface area contributed by atoms with Gasteiger partial charge in [0.25, 0.3) is 0 Å². The largest absolute Gasteiger partial charge is 0.479 e. The molecule has 5 nitrogen and oxygen atoms in total. The summed E-state index contributed by atoms with van der Waals surface area (Å²) in [6.45, 7) is -1.53. The minimum atomic E-state index is -4.55. The fourth-order valence-electron chi connectivity index (χ4n) is 1.30. The van der Waals surface area contributed by atoms with E-state index in [1.807, 2.05) is 5.32 Å². The topological polar surface area (TPSA) is 78.4 Å². The predicted molar refractivity (Wildman–Crippen MR) is 59.4 cm³/mol. The number of benzene rings is 1. The molecule has 1 rings (SSSR count). The van der Waals surface area contributed by atoms with Crippen LogP contribution in [0.5, 0.6) is 0 Å². The quantitative estimate of drug-likeness (QED) is 0.782. The van der Waals surface area contributed by atoms with Gasteiger partial charge in [-0.05, 0) is 5.56 Å². The number of carboxylic acids is 1. The van der Waals surface area contributed by atoms with E-state index >= 15 is 0 Å². The molecule has 8 heteroatoms. The lowest BCUT2D eigenvalue weighted by atomic mass is 10.1. The maximum atomic E-state index is 11.9. The number of amides is 2. The molecule has 0 aliphatic rings. The van der Waals surface area contributed by atoms with Crippen LogP contribution in [-0.4, -0.2) is 29.8 Å². The summed E-state index contributed by atoms with van der Waals surface area (Å²) < 4.78 is 35.6. The molecule has 0 saturated carbocycles. The van der Waals surface area contributed by atoms with Gasteiger partial charge in [0.2, 0.25) is 0 Å². The molecule has 0 saturated heterocycles. The Morgan fingerprint density at radius 1 is 1.21 bits per heavy atom. The lowest BCUT2D eigenvalue weighted by molar-refractivity contribution is -0.139. The molecule has 0 spiro atoms. The van der Waals surface area contributed by atoms with Gasteiger partial charge in [0.05, 0.1) is 0 Å². The molecular formula is C11H11F3N2O3. The van der Waals surface area contributed by atoms with E-state index in [9.17, 15) is 22.8 Å². The highest BCUT2D eigenvalue weighted by Crippen LogP contribution is 2.14. The normalized spacial score (nSPS) is 12.6. The van der Waals surface area contributed by atoms with Crippen molar-refractivity contribution in [1.82, 2.24) is 10.6 Å². The van der Waals surface area contributed by atoms with Crippen LogP contribution < -0.4 is 10.6 Å². The minimum absolute atomic E-state index is 0.261. The molecule has 0 aliphatic carbocycles. The minimum Gasteiger partial charge on any atom is -0.479 e. The number of alkyl halides is 3. The van der Waals surface area contributed by atoms with Gasteiger partial charge in [0.15, 0.2) is 6.04 Å². The monoisotopic (exact) mass is 276 g/mol. The van der Waals surface area contributed by atoms with Crippen molar-refractivity contribution < 1.29 is 27.9 Å². The van der Waals surface area contributed by atoms with Crippen molar-refractivity contribution in [3.05, 3.63) is 35.9 Å². The van der Waals surface area contributed by atoms with Crippen LogP contribution >= 0.6 is 0 Å². The van der Waals surface area contributed by atoms with E-state index in [0.29, 0.717) is 0 Å². The van der Waals surface area contributed by atoms with E-state index in [1.165, 1.54) is 17.4 Å².